The summed E-state index contributed by atoms with van der Waals surface area (Å²) in [5.41, 5.74) is -0.536. The van der Waals surface area contributed by atoms with Gasteiger partial charge in [0.1, 0.15) is 0 Å². The molecule has 0 aromatic rings. The minimum Gasteiger partial charge on any atom is -0.394 e. The van der Waals surface area contributed by atoms with Crippen LogP contribution in [0.3, 0.4) is 0 Å². The molecule has 2 amide bonds. The fraction of sp³-hybridized carbons (Fsp3) is 0.846. The van der Waals surface area contributed by atoms with Crippen molar-refractivity contribution in [3.8, 4) is 0 Å². The molecule has 2 saturated carbocycles. The van der Waals surface area contributed by atoms with Gasteiger partial charge < -0.3 is 5.11 Å². The van der Waals surface area contributed by atoms with Gasteiger partial charge in [0, 0.05) is 0 Å². The molecular formula is C13H19NO3. The number of nitrogens with zero attached hydrogens (tertiary/aromatic N) is 1. The number of fused-ring (bicyclic) bond motifs is 1. The lowest BCUT2D eigenvalue weighted by molar-refractivity contribution is -0.154. The first-order valence-corrected chi connectivity index (χ1v) is 6.68. The number of imide groups is 1. The van der Waals surface area contributed by atoms with E-state index in [4.69, 9.17) is 0 Å². The molecule has 4 heteroatoms. The topological polar surface area (TPSA) is 57.6 Å². The fourth-order valence-corrected chi connectivity index (χ4v) is 3.67. The standard InChI is InChI=1S/C13H19NO3/c15-8-13(6-3-7-13)14-11(16)9-4-1-2-5-10(9)12(14)17/h9-10,15H,1-8H2. The number of rotatable bonds is 2. The first kappa shape index (κ1) is 11.2. The second kappa shape index (κ2) is 3.80. The maximum absolute atomic E-state index is 12.3. The molecule has 1 aliphatic heterocycles. The fourth-order valence-electron chi connectivity index (χ4n) is 3.67. The summed E-state index contributed by atoms with van der Waals surface area (Å²) in [5, 5.41) is 9.52. The second-order valence-corrected chi connectivity index (χ2v) is 5.75. The molecule has 4 nitrogen and oxygen atoms in total. The van der Waals surface area contributed by atoms with E-state index in [9.17, 15) is 14.7 Å². The van der Waals surface area contributed by atoms with Gasteiger partial charge in [-0.15, -0.1) is 0 Å². The molecule has 1 N–H and O–H groups in total. The Morgan fingerprint density at radius 3 is 1.94 bits per heavy atom. The van der Waals surface area contributed by atoms with Crippen LogP contribution < -0.4 is 0 Å². The molecule has 0 spiro atoms. The Labute approximate surface area is 101 Å². The minimum absolute atomic E-state index is 0.00606. The van der Waals surface area contributed by atoms with Crippen LogP contribution in [0.15, 0.2) is 0 Å². The van der Waals surface area contributed by atoms with Crippen molar-refractivity contribution in [3.05, 3.63) is 0 Å². The summed E-state index contributed by atoms with van der Waals surface area (Å²) < 4.78 is 0. The van der Waals surface area contributed by atoms with Gasteiger partial charge >= 0.3 is 0 Å². The predicted octanol–water partition coefficient (Wildman–Crippen LogP) is 1.08. The number of aliphatic hydroxyl groups is 1. The Bertz CT molecular complexity index is 332. The maximum Gasteiger partial charge on any atom is 0.233 e. The van der Waals surface area contributed by atoms with E-state index in [0.29, 0.717) is 0 Å². The van der Waals surface area contributed by atoms with E-state index in [1.165, 1.54) is 4.90 Å². The van der Waals surface area contributed by atoms with Gasteiger partial charge in [0.25, 0.3) is 0 Å². The van der Waals surface area contributed by atoms with Gasteiger partial charge in [-0.1, -0.05) is 12.8 Å². The normalized spacial score (nSPS) is 35.7. The molecule has 1 heterocycles. The molecular weight excluding hydrogens is 218 g/mol. The highest BCUT2D eigenvalue weighted by atomic mass is 16.3. The van der Waals surface area contributed by atoms with E-state index >= 15 is 0 Å². The van der Waals surface area contributed by atoms with Gasteiger partial charge in [-0.25, -0.2) is 0 Å². The first-order valence-electron chi connectivity index (χ1n) is 6.68. The lowest BCUT2D eigenvalue weighted by Crippen LogP contribution is -2.59. The number of aliphatic hydroxyl groups excluding tert-OH is 1. The molecule has 2 unspecified atom stereocenters. The number of carbonyl (C=O) groups excluding carboxylic acids is 2. The second-order valence-electron chi connectivity index (χ2n) is 5.75. The molecule has 0 aromatic heterocycles. The van der Waals surface area contributed by atoms with Crippen LogP contribution in [0.2, 0.25) is 0 Å². The Kier molecular flexibility index (Phi) is 2.51. The van der Waals surface area contributed by atoms with Crippen LogP contribution >= 0.6 is 0 Å². The summed E-state index contributed by atoms with van der Waals surface area (Å²) in [6.45, 7) is -0.0656. The maximum atomic E-state index is 12.3. The molecule has 3 aliphatic rings. The van der Waals surface area contributed by atoms with Crippen molar-refractivity contribution < 1.29 is 14.7 Å². The quantitative estimate of drug-likeness (QED) is 0.731. The van der Waals surface area contributed by atoms with Crippen LogP contribution in [-0.2, 0) is 9.59 Å². The summed E-state index contributed by atoms with van der Waals surface area (Å²) in [6, 6.07) is 0. The van der Waals surface area contributed by atoms with Crippen molar-refractivity contribution in [1.29, 1.82) is 0 Å². The SMILES string of the molecule is O=C1C2CCCCC2C(=O)N1C1(CO)CCC1. The molecule has 2 aliphatic carbocycles. The van der Waals surface area contributed by atoms with Crippen molar-refractivity contribution in [2.24, 2.45) is 11.8 Å². The van der Waals surface area contributed by atoms with E-state index in [-0.39, 0.29) is 30.3 Å². The number of carbonyl (C=O) groups is 2. The van der Waals surface area contributed by atoms with Crippen LogP contribution in [-0.4, -0.2) is 34.0 Å². The number of likely N-dealkylation sites (tertiary alicyclic amines) is 1. The molecule has 3 rings (SSSR count). The lowest BCUT2D eigenvalue weighted by Gasteiger charge is -2.46. The highest BCUT2D eigenvalue weighted by molar-refractivity contribution is 6.06. The van der Waals surface area contributed by atoms with Gasteiger partial charge in [-0.05, 0) is 32.1 Å². The molecule has 2 atom stereocenters. The third kappa shape index (κ3) is 1.39. The smallest absolute Gasteiger partial charge is 0.233 e. The van der Waals surface area contributed by atoms with Crippen LogP contribution in [0.4, 0.5) is 0 Å². The van der Waals surface area contributed by atoms with E-state index in [1.807, 2.05) is 0 Å². The first-order chi connectivity index (χ1) is 8.19. The van der Waals surface area contributed by atoms with Crippen molar-refractivity contribution in [2.45, 2.75) is 50.5 Å². The summed E-state index contributed by atoms with van der Waals surface area (Å²) in [7, 11) is 0. The van der Waals surface area contributed by atoms with E-state index in [2.05, 4.69) is 0 Å². The minimum atomic E-state index is -0.536. The van der Waals surface area contributed by atoms with Crippen molar-refractivity contribution >= 4 is 11.8 Å². The summed E-state index contributed by atoms with van der Waals surface area (Å²) in [4.78, 5) is 26.1. The highest BCUT2D eigenvalue weighted by Gasteiger charge is 2.57. The summed E-state index contributed by atoms with van der Waals surface area (Å²) in [5.74, 6) is -0.178. The number of hydrogen-bond acceptors (Lipinski definition) is 3. The summed E-state index contributed by atoms with van der Waals surface area (Å²) >= 11 is 0. The van der Waals surface area contributed by atoms with Crippen molar-refractivity contribution in [2.75, 3.05) is 6.61 Å². The highest BCUT2D eigenvalue weighted by Crippen LogP contribution is 2.46. The molecule has 17 heavy (non-hydrogen) atoms. The van der Waals surface area contributed by atoms with Crippen LogP contribution in [0, 0.1) is 11.8 Å². The van der Waals surface area contributed by atoms with Gasteiger partial charge in [-0.3, -0.25) is 14.5 Å². The van der Waals surface area contributed by atoms with E-state index < -0.39 is 5.54 Å². The Hall–Kier alpha value is -0.900. The van der Waals surface area contributed by atoms with E-state index in [0.717, 1.165) is 44.9 Å². The number of hydrogen-bond donors (Lipinski definition) is 1. The molecule has 0 bridgehead atoms. The molecule has 3 fully saturated rings. The number of amides is 2. The Morgan fingerprint density at radius 2 is 1.59 bits per heavy atom. The molecule has 0 radical (unpaired) electrons. The largest absolute Gasteiger partial charge is 0.394 e. The zero-order valence-corrected chi connectivity index (χ0v) is 10.0. The Morgan fingerprint density at radius 1 is 1.06 bits per heavy atom. The van der Waals surface area contributed by atoms with Gasteiger partial charge in [0.2, 0.25) is 11.8 Å². The van der Waals surface area contributed by atoms with Crippen LogP contribution in [0.1, 0.15) is 44.9 Å². The predicted molar refractivity (Wildman–Crippen MR) is 61.0 cm³/mol. The monoisotopic (exact) mass is 237 g/mol. The zero-order chi connectivity index (χ0) is 12.0. The van der Waals surface area contributed by atoms with Crippen LogP contribution in [0.25, 0.3) is 0 Å². The lowest BCUT2D eigenvalue weighted by atomic mass is 9.76. The van der Waals surface area contributed by atoms with E-state index in [1.54, 1.807) is 0 Å². The van der Waals surface area contributed by atoms with Crippen LogP contribution in [0.5, 0.6) is 0 Å². The average molecular weight is 237 g/mol. The molecule has 0 aromatic carbocycles. The summed E-state index contributed by atoms with van der Waals surface area (Å²) in [6.07, 6.45) is 6.38. The van der Waals surface area contributed by atoms with Crippen molar-refractivity contribution in [3.63, 3.8) is 0 Å². The molecule has 94 valence electrons. The Balaban J connectivity index is 1.90. The third-order valence-electron chi connectivity index (χ3n) is 4.89. The van der Waals surface area contributed by atoms with Gasteiger partial charge in [-0.2, -0.15) is 0 Å². The third-order valence-corrected chi connectivity index (χ3v) is 4.89. The van der Waals surface area contributed by atoms with Crippen molar-refractivity contribution in [1.82, 2.24) is 4.90 Å². The van der Waals surface area contributed by atoms with Gasteiger partial charge in [0.05, 0.1) is 24.0 Å². The zero-order valence-electron chi connectivity index (χ0n) is 10.0. The average Bonchev–Trinajstić information content (AvgIpc) is 2.55. The van der Waals surface area contributed by atoms with Gasteiger partial charge in [0.15, 0.2) is 0 Å². The molecule has 1 saturated heterocycles.